The standard InChI is InChI=1S/C11H17N3O2/c15-10-7-12-11(16)14(10)9-4-6-13-5-2-1-3-8(9)13/h8-9H,1-7H2,(H,12,16). The van der Waals surface area contributed by atoms with Gasteiger partial charge in [0.1, 0.15) is 0 Å². The van der Waals surface area contributed by atoms with Gasteiger partial charge in [0, 0.05) is 12.6 Å². The molecule has 1 N–H and O–H groups in total. The average molecular weight is 223 g/mol. The van der Waals surface area contributed by atoms with Crippen LogP contribution in [0.5, 0.6) is 0 Å². The van der Waals surface area contributed by atoms with E-state index in [0.29, 0.717) is 6.04 Å². The Labute approximate surface area is 94.8 Å². The van der Waals surface area contributed by atoms with Gasteiger partial charge in [0.2, 0.25) is 5.91 Å². The fraction of sp³-hybridized carbons (Fsp3) is 0.818. The summed E-state index contributed by atoms with van der Waals surface area (Å²) in [7, 11) is 0. The molecule has 3 saturated heterocycles. The first-order valence-corrected chi connectivity index (χ1v) is 6.11. The van der Waals surface area contributed by atoms with Crippen LogP contribution in [0.25, 0.3) is 0 Å². The summed E-state index contributed by atoms with van der Waals surface area (Å²) in [5.41, 5.74) is 0. The molecule has 5 nitrogen and oxygen atoms in total. The highest BCUT2D eigenvalue weighted by Crippen LogP contribution is 2.31. The monoisotopic (exact) mass is 223 g/mol. The minimum absolute atomic E-state index is 0.0533. The number of carbonyl (C=O) groups is 2. The maximum atomic E-state index is 11.7. The zero-order valence-corrected chi connectivity index (χ0v) is 9.32. The van der Waals surface area contributed by atoms with Crippen molar-refractivity contribution in [3.63, 3.8) is 0 Å². The molecule has 88 valence electrons. The Balaban J connectivity index is 1.79. The Morgan fingerprint density at radius 3 is 2.69 bits per heavy atom. The van der Waals surface area contributed by atoms with Gasteiger partial charge in [-0.25, -0.2) is 4.79 Å². The summed E-state index contributed by atoms with van der Waals surface area (Å²) in [5, 5.41) is 2.61. The molecule has 3 amide bonds. The second-order valence-electron chi connectivity index (χ2n) is 4.88. The second-order valence-corrected chi connectivity index (χ2v) is 4.88. The van der Waals surface area contributed by atoms with Crippen molar-refractivity contribution >= 4 is 11.9 Å². The number of fused-ring (bicyclic) bond motifs is 1. The summed E-state index contributed by atoms with van der Waals surface area (Å²) < 4.78 is 0. The molecule has 5 heteroatoms. The van der Waals surface area contributed by atoms with E-state index in [1.54, 1.807) is 0 Å². The molecule has 0 aromatic heterocycles. The van der Waals surface area contributed by atoms with Crippen LogP contribution in [0.3, 0.4) is 0 Å². The Morgan fingerprint density at radius 2 is 1.94 bits per heavy atom. The van der Waals surface area contributed by atoms with Crippen molar-refractivity contribution in [1.29, 1.82) is 0 Å². The molecule has 0 saturated carbocycles. The lowest BCUT2D eigenvalue weighted by atomic mass is 9.98. The van der Waals surface area contributed by atoms with Crippen LogP contribution < -0.4 is 5.32 Å². The van der Waals surface area contributed by atoms with Gasteiger partial charge in [-0.15, -0.1) is 0 Å². The first-order valence-electron chi connectivity index (χ1n) is 6.11. The van der Waals surface area contributed by atoms with Crippen molar-refractivity contribution in [1.82, 2.24) is 15.1 Å². The summed E-state index contributed by atoms with van der Waals surface area (Å²) in [6, 6.07) is 0.347. The van der Waals surface area contributed by atoms with Crippen LogP contribution >= 0.6 is 0 Å². The number of carbonyl (C=O) groups excluding carboxylic acids is 2. The van der Waals surface area contributed by atoms with Crippen LogP contribution in [0.4, 0.5) is 4.79 Å². The maximum Gasteiger partial charge on any atom is 0.324 e. The molecule has 0 aromatic carbocycles. The van der Waals surface area contributed by atoms with Gasteiger partial charge < -0.3 is 5.32 Å². The lowest BCUT2D eigenvalue weighted by Gasteiger charge is -2.34. The van der Waals surface area contributed by atoms with E-state index in [4.69, 9.17) is 0 Å². The summed E-state index contributed by atoms with van der Waals surface area (Å²) in [5.74, 6) is -0.0533. The summed E-state index contributed by atoms with van der Waals surface area (Å²) in [4.78, 5) is 27.2. The SMILES string of the molecule is O=C1CNC(=O)N1C1CCN2CCCCC12. The van der Waals surface area contributed by atoms with E-state index in [1.807, 2.05) is 0 Å². The van der Waals surface area contributed by atoms with E-state index in [0.717, 1.165) is 25.9 Å². The minimum atomic E-state index is -0.192. The third-order valence-corrected chi connectivity index (χ3v) is 4.03. The molecule has 3 rings (SSSR count). The number of urea groups is 1. The van der Waals surface area contributed by atoms with Crippen LogP contribution in [0, 0.1) is 0 Å². The van der Waals surface area contributed by atoms with Crippen LogP contribution in [-0.4, -0.2) is 53.5 Å². The molecule has 2 atom stereocenters. The highest BCUT2D eigenvalue weighted by atomic mass is 16.2. The number of nitrogens with zero attached hydrogens (tertiary/aromatic N) is 2. The number of hydrogen-bond donors (Lipinski definition) is 1. The smallest absolute Gasteiger partial charge is 0.324 e. The van der Waals surface area contributed by atoms with Crippen LogP contribution in [0.1, 0.15) is 25.7 Å². The molecule has 3 fully saturated rings. The predicted octanol–water partition coefficient (Wildman–Crippen LogP) is 0.165. The van der Waals surface area contributed by atoms with Crippen LogP contribution in [-0.2, 0) is 4.79 Å². The molecule has 3 aliphatic rings. The number of piperidine rings is 1. The minimum Gasteiger partial charge on any atom is -0.329 e. The molecular weight excluding hydrogens is 206 g/mol. The number of amides is 3. The molecule has 0 spiro atoms. The van der Waals surface area contributed by atoms with Gasteiger partial charge in [0.25, 0.3) is 0 Å². The summed E-state index contributed by atoms with van der Waals surface area (Å²) >= 11 is 0. The number of rotatable bonds is 1. The lowest BCUT2D eigenvalue weighted by Crippen LogP contribution is -2.49. The number of hydrogen-bond acceptors (Lipinski definition) is 3. The van der Waals surface area contributed by atoms with E-state index in [-0.39, 0.29) is 24.5 Å². The predicted molar refractivity (Wildman–Crippen MR) is 57.9 cm³/mol. The summed E-state index contributed by atoms with van der Waals surface area (Å²) in [6.45, 7) is 2.35. The van der Waals surface area contributed by atoms with E-state index in [1.165, 1.54) is 17.7 Å². The van der Waals surface area contributed by atoms with Gasteiger partial charge in [0.15, 0.2) is 0 Å². The van der Waals surface area contributed by atoms with E-state index < -0.39 is 0 Å². The van der Waals surface area contributed by atoms with Gasteiger partial charge in [-0.05, 0) is 25.8 Å². The van der Waals surface area contributed by atoms with Gasteiger partial charge in [-0.1, -0.05) is 6.42 Å². The summed E-state index contributed by atoms with van der Waals surface area (Å²) in [6.07, 6.45) is 4.55. The Morgan fingerprint density at radius 1 is 1.06 bits per heavy atom. The molecule has 2 unspecified atom stereocenters. The fourth-order valence-corrected chi connectivity index (χ4v) is 3.29. The molecule has 0 bridgehead atoms. The molecule has 16 heavy (non-hydrogen) atoms. The van der Waals surface area contributed by atoms with Crippen molar-refractivity contribution in [3.05, 3.63) is 0 Å². The highest BCUT2D eigenvalue weighted by Gasteiger charge is 2.44. The van der Waals surface area contributed by atoms with E-state index in [9.17, 15) is 9.59 Å². The van der Waals surface area contributed by atoms with Crippen molar-refractivity contribution in [2.24, 2.45) is 0 Å². The van der Waals surface area contributed by atoms with Crippen molar-refractivity contribution < 1.29 is 9.59 Å². The number of imide groups is 1. The Kier molecular flexibility index (Phi) is 2.35. The highest BCUT2D eigenvalue weighted by molar-refractivity contribution is 6.02. The fourth-order valence-electron chi connectivity index (χ4n) is 3.29. The van der Waals surface area contributed by atoms with Crippen molar-refractivity contribution in [2.75, 3.05) is 19.6 Å². The molecule has 0 aromatic rings. The van der Waals surface area contributed by atoms with Gasteiger partial charge in [-0.3, -0.25) is 14.6 Å². The molecular formula is C11H17N3O2. The van der Waals surface area contributed by atoms with E-state index in [2.05, 4.69) is 10.2 Å². The first-order chi connectivity index (χ1) is 7.77. The van der Waals surface area contributed by atoms with Crippen LogP contribution in [0.15, 0.2) is 0 Å². The first kappa shape index (κ1) is 10.1. The Bertz CT molecular complexity index is 315. The molecule has 0 radical (unpaired) electrons. The Hall–Kier alpha value is -1.10. The quantitative estimate of drug-likeness (QED) is 0.644. The normalized spacial score (nSPS) is 35.4. The molecule has 3 heterocycles. The average Bonchev–Trinajstić information content (AvgIpc) is 2.83. The van der Waals surface area contributed by atoms with Gasteiger partial charge in [-0.2, -0.15) is 0 Å². The molecule has 3 aliphatic heterocycles. The van der Waals surface area contributed by atoms with Crippen LogP contribution in [0.2, 0.25) is 0 Å². The third-order valence-electron chi connectivity index (χ3n) is 4.03. The van der Waals surface area contributed by atoms with E-state index >= 15 is 0 Å². The topological polar surface area (TPSA) is 52.7 Å². The lowest BCUT2D eigenvalue weighted by molar-refractivity contribution is -0.127. The number of nitrogens with one attached hydrogen (secondary N) is 1. The van der Waals surface area contributed by atoms with Gasteiger partial charge in [0.05, 0.1) is 12.6 Å². The van der Waals surface area contributed by atoms with Crippen molar-refractivity contribution in [3.8, 4) is 0 Å². The molecule has 0 aliphatic carbocycles. The third kappa shape index (κ3) is 1.42. The largest absolute Gasteiger partial charge is 0.329 e. The maximum absolute atomic E-state index is 11.7. The zero-order chi connectivity index (χ0) is 11.1. The van der Waals surface area contributed by atoms with Crippen molar-refractivity contribution in [2.45, 2.75) is 37.8 Å². The zero-order valence-electron chi connectivity index (χ0n) is 9.32. The van der Waals surface area contributed by atoms with Gasteiger partial charge >= 0.3 is 6.03 Å². The second kappa shape index (κ2) is 3.73.